The fraction of sp³-hybridized carbons (Fsp3) is 0.194. The molecule has 3 aromatic rings. The van der Waals surface area contributed by atoms with Gasteiger partial charge in [-0.3, -0.25) is 14.5 Å². The molecule has 3 atom stereocenters. The van der Waals surface area contributed by atoms with Crippen LogP contribution in [0.25, 0.3) is 0 Å². The van der Waals surface area contributed by atoms with E-state index in [1.54, 1.807) is 30.3 Å². The van der Waals surface area contributed by atoms with Crippen LogP contribution >= 0.6 is 0 Å². The number of ketones is 1. The summed E-state index contributed by atoms with van der Waals surface area (Å²) in [5.41, 5.74) is 7.99. The summed E-state index contributed by atoms with van der Waals surface area (Å²) in [5.74, 6) is -6.54. The quantitative estimate of drug-likeness (QED) is 0.367. The summed E-state index contributed by atoms with van der Waals surface area (Å²) in [6.07, 6.45) is 0.0893. The summed E-state index contributed by atoms with van der Waals surface area (Å²) >= 11 is 0. The zero-order chi connectivity index (χ0) is 28.6. The molecule has 3 aromatic carbocycles. The van der Waals surface area contributed by atoms with Crippen molar-refractivity contribution >= 4 is 23.4 Å². The Morgan fingerprint density at radius 1 is 0.875 bits per heavy atom. The Hall–Kier alpha value is -4.79. The minimum absolute atomic E-state index is 0.0163. The predicted molar refractivity (Wildman–Crippen MR) is 143 cm³/mol. The first-order valence-corrected chi connectivity index (χ1v) is 12.6. The van der Waals surface area contributed by atoms with Crippen molar-refractivity contribution in [2.24, 2.45) is 11.7 Å². The third kappa shape index (κ3) is 4.43. The van der Waals surface area contributed by atoms with Crippen molar-refractivity contribution in [1.29, 1.82) is 0 Å². The van der Waals surface area contributed by atoms with Crippen LogP contribution in [0.1, 0.15) is 29.4 Å². The molecule has 0 fully saturated rings. The van der Waals surface area contributed by atoms with Gasteiger partial charge in [-0.15, -0.1) is 0 Å². The molecule has 7 nitrogen and oxygen atoms in total. The van der Waals surface area contributed by atoms with E-state index in [9.17, 15) is 18.8 Å². The van der Waals surface area contributed by atoms with E-state index in [0.717, 1.165) is 7.11 Å². The minimum atomic E-state index is -1.25. The highest BCUT2D eigenvalue weighted by atomic mass is 19.1. The lowest BCUT2D eigenvalue weighted by Crippen LogP contribution is -2.46. The number of esters is 2. The molecule has 0 saturated carbocycles. The van der Waals surface area contributed by atoms with Crippen molar-refractivity contribution in [1.82, 2.24) is 0 Å². The number of benzene rings is 3. The van der Waals surface area contributed by atoms with Gasteiger partial charge in [0.05, 0.1) is 31.4 Å². The Bertz CT molecular complexity index is 1550. The van der Waals surface area contributed by atoms with Gasteiger partial charge in [0.25, 0.3) is 0 Å². The largest absolute Gasteiger partial charge is 0.468 e. The normalized spacial score (nSPS) is 20.8. The van der Waals surface area contributed by atoms with Crippen LogP contribution in [-0.4, -0.2) is 31.9 Å². The number of anilines is 1. The summed E-state index contributed by atoms with van der Waals surface area (Å²) in [4.78, 5) is 42.2. The number of halogens is 2. The van der Waals surface area contributed by atoms with Gasteiger partial charge in [0.1, 0.15) is 23.4 Å². The van der Waals surface area contributed by atoms with E-state index < -0.39 is 47.1 Å². The number of hydrogen-bond donors (Lipinski definition) is 1. The highest BCUT2D eigenvalue weighted by molar-refractivity contribution is 6.14. The Morgan fingerprint density at radius 3 is 2.15 bits per heavy atom. The van der Waals surface area contributed by atoms with E-state index in [-0.39, 0.29) is 29.1 Å². The highest BCUT2D eigenvalue weighted by Gasteiger charge is 2.51. The number of nitrogens with two attached hydrogens (primary N) is 1. The van der Waals surface area contributed by atoms with Gasteiger partial charge in [-0.1, -0.05) is 54.6 Å². The standard InChI is InChI=1S/C31H26F2N2O5/c1-39-30(37)25-20(17-8-4-3-5-9-17)16-23-26(28(25)36)24(18-12-14-19(32)15-13-18)27(31(38)40-2)29(34)35(23)22-11-7-6-10-21(22)33/h3-15,20,24-25H,16,34H2,1-2H3/t20-,24-,25-/m0/s1. The number of methoxy groups -OCH3 is 2. The molecule has 40 heavy (non-hydrogen) atoms. The number of nitrogens with zero attached hydrogens (tertiary/aromatic N) is 1. The first kappa shape index (κ1) is 26.8. The first-order chi connectivity index (χ1) is 19.3. The number of ether oxygens (including phenoxy) is 2. The summed E-state index contributed by atoms with van der Waals surface area (Å²) in [5, 5.41) is 0. The summed E-state index contributed by atoms with van der Waals surface area (Å²) < 4.78 is 39.3. The molecule has 0 amide bonds. The van der Waals surface area contributed by atoms with Gasteiger partial charge in [-0.2, -0.15) is 0 Å². The molecule has 5 rings (SSSR count). The van der Waals surface area contributed by atoms with Crippen molar-refractivity contribution in [2.45, 2.75) is 18.3 Å². The monoisotopic (exact) mass is 544 g/mol. The van der Waals surface area contributed by atoms with Gasteiger partial charge >= 0.3 is 11.9 Å². The molecule has 1 aliphatic carbocycles. The SMILES string of the molecule is COC(=O)C1=C(N)N(c2ccccc2F)C2=C(C(=O)[C@@H](C(=O)OC)[C@H](c3ccccc3)C2)[C@@H]1c1ccc(F)cc1. The average molecular weight is 545 g/mol. The van der Waals surface area contributed by atoms with Gasteiger partial charge in [0.2, 0.25) is 0 Å². The minimum Gasteiger partial charge on any atom is -0.468 e. The zero-order valence-corrected chi connectivity index (χ0v) is 21.8. The van der Waals surface area contributed by atoms with Crippen molar-refractivity contribution in [3.05, 3.63) is 124 Å². The van der Waals surface area contributed by atoms with Crippen LogP contribution in [0, 0.1) is 17.6 Å². The van der Waals surface area contributed by atoms with Crippen molar-refractivity contribution < 1.29 is 32.6 Å². The number of para-hydroxylation sites is 1. The van der Waals surface area contributed by atoms with E-state index >= 15 is 4.39 Å². The van der Waals surface area contributed by atoms with E-state index in [1.807, 2.05) is 6.07 Å². The number of carbonyl (C=O) groups excluding carboxylic acids is 3. The number of carbonyl (C=O) groups is 3. The smallest absolute Gasteiger partial charge is 0.338 e. The molecule has 0 saturated heterocycles. The third-order valence-electron chi connectivity index (χ3n) is 7.42. The maximum Gasteiger partial charge on any atom is 0.338 e. The molecule has 0 spiro atoms. The molecule has 204 valence electrons. The van der Waals surface area contributed by atoms with Gasteiger partial charge < -0.3 is 15.2 Å². The molecule has 2 aliphatic rings. The predicted octanol–water partition coefficient (Wildman–Crippen LogP) is 4.71. The van der Waals surface area contributed by atoms with Gasteiger partial charge in [0, 0.05) is 17.2 Å². The molecule has 0 unspecified atom stereocenters. The summed E-state index contributed by atoms with van der Waals surface area (Å²) in [7, 11) is 2.36. The van der Waals surface area contributed by atoms with Crippen molar-refractivity contribution in [3.63, 3.8) is 0 Å². The Balaban J connectivity index is 1.84. The lowest BCUT2D eigenvalue weighted by atomic mass is 9.67. The number of allylic oxidation sites excluding steroid dienone is 2. The topological polar surface area (TPSA) is 98.9 Å². The molecule has 9 heteroatoms. The van der Waals surface area contributed by atoms with Crippen molar-refractivity contribution in [3.8, 4) is 0 Å². The maximum absolute atomic E-state index is 15.3. The van der Waals surface area contributed by atoms with Crippen LogP contribution in [-0.2, 0) is 23.9 Å². The Morgan fingerprint density at radius 2 is 1.52 bits per heavy atom. The van der Waals surface area contributed by atoms with Crippen LogP contribution in [0.2, 0.25) is 0 Å². The highest BCUT2D eigenvalue weighted by Crippen LogP contribution is 2.51. The van der Waals surface area contributed by atoms with E-state index in [0.29, 0.717) is 16.8 Å². The van der Waals surface area contributed by atoms with E-state index in [2.05, 4.69) is 0 Å². The Kier molecular flexibility index (Phi) is 7.21. The van der Waals surface area contributed by atoms with Crippen molar-refractivity contribution in [2.75, 3.05) is 19.1 Å². The zero-order valence-electron chi connectivity index (χ0n) is 21.8. The molecule has 1 heterocycles. The van der Waals surface area contributed by atoms with Crippen LogP contribution in [0.5, 0.6) is 0 Å². The molecule has 0 radical (unpaired) electrons. The maximum atomic E-state index is 15.3. The summed E-state index contributed by atoms with van der Waals surface area (Å²) in [6.45, 7) is 0. The fourth-order valence-electron chi connectivity index (χ4n) is 5.65. The van der Waals surface area contributed by atoms with Crippen LogP contribution in [0.3, 0.4) is 0 Å². The molecule has 0 aromatic heterocycles. The molecule has 2 N–H and O–H groups in total. The number of hydrogen-bond acceptors (Lipinski definition) is 7. The molecule has 1 aliphatic heterocycles. The second-order valence-corrected chi connectivity index (χ2v) is 9.51. The van der Waals surface area contributed by atoms with Gasteiger partial charge in [-0.25, -0.2) is 13.6 Å². The van der Waals surface area contributed by atoms with Gasteiger partial charge in [-0.05, 0) is 41.8 Å². The number of rotatable bonds is 5. The second-order valence-electron chi connectivity index (χ2n) is 9.51. The average Bonchev–Trinajstić information content (AvgIpc) is 2.97. The third-order valence-corrected chi connectivity index (χ3v) is 7.42. The molecular formula is C31H26F2N2O5. The molecule has 0 bridgehead atoms. The van der Waals surface area contributed by atoms with Gasteiger partial charge in [0.15, 0.2) is 5.78 Å². The van der Waals surface area contributed by atoms with E-state index in [4.69, 9.17) is 15.2 Å². The van der Waals surface area contributed by atoms with Crippen LogP contribution in [0.4, 0.5) is 14.5 Å². The van der Waals surface area contributed by atoms with E-state index in [1.165, 1.54) is 54.5 Å². The lowest BCUT2D eigenvalue weighted by molar-refractivity contribution is -0.150. The second kappa shape index (κ2) is 10.8. The fourth-order valence-corrected chi connectivity index (χ4v) is 5.65. The van der Waals surface area contributed by atoms with Crippen LogP contribution in [0.15, 0.2) is 102 Å². The van der Waals surface area contributed by atoms with Crippen LogP contribution < -0.4 is 10.6 Å². The lowest BCUT2D eigenvalue weighted by Gasteiger charge is -2.44. The summed E-state index contributed by atoms with van der Waals surface area (Å²) in [6, 6.07) is 20.1. The number of Topliss-reactive ketones (excluding diaryl/α,β-unsaturated/α-hetero) is 1. The first-order valence-electron chi connectivity index (χ1n) is 12.6. The molecular weight excluding hydrogens is 518 g/mol. The Labute approximate surface area is 229 Å².